The predicted octanol–water partition coefficient (Wildman–Crippen LogP) is 11.2. The van der Waals surface area contributed by atoms with E-state index in [1.54, 1.807) is 6.07 Å². The molecule has 0 radical (unpaired) electrons. The van der Waals surface area contributed by atoms with E-state index in [9.17, 15) is 10.5 Å². The fourth-order valence-electron chi connectivity index (χ4n) is 7.74. The van der Waals surface area contributed by atoms with Crippen LogP contribution in [0.1, 0.15) is 11.1 Å². The molecule has 0 fully saturated rings. The van der Waals surface area contributed by atoms with Gasteiger partial charge < -0.3 is 13.6 Å². The molecule has 10 aromatic rings. The first-order chi connectivity index (χ1) is 24.2. The second-order valence-electron chi connectivity index (χ2n) is 12.3. The maximum atomic E-state index is 10.6. The monoisotopic (exact) mass is 624 g/mol. The Morgan fingerprint density at radius 3 is 1.80 bits per heavy atom. The highest BCUT2D eigenvalue weighted by molar-refractivity contribution is 6.21. The van der Waals surface area contributed by atoms with Crippen LogP contribution in [0.15, 0.2) is 150 Å². The van der Waals surface area contributed by atoms with E-state index < -0.39 is 0 Å². The van der Waals surface area contributed by atoms with Crippen LogP contribution in [0, 0.1) is 22.7 Å². The van der Waals surface area contributed by atoms with Crippen LogP contribution < -0.4 is 0 Å². The van der Waals surface area contributed by atoms with Gasteiger partial charge in [0.2, 0.25) is 0 Å². The highest BCUT2D eigenvalue weighted by Crippen LogP contribution is 2.42. The van der Waals surface area contributed by atoms with E-state index in [1.165, 1.54) is 0 Å². The summed E-state index contributed by atoms with van der Waals surface area (Å²) in [6, 6.07) is 54.3. The van der Waals surface area contributed by atoms with Crippen molar-refractivity contribution in [1.29, 1.82) is 10.5 Å². The summed E-state index contributed by atoms with van der Waals surface area (Å²) in [6.45, 7) is 0. The molecule has 5 nitrogen and oxygen atoms in total. The lowest BCUT2D eigenvalue weighted by Crippen LogP contribution is -2.03. The minimum atomic E-state index is 0.342. The summed E-state index contributed by atoms with van der Waals surface area (Å²) in [5, 5.41) is 27.4. The molecule has 0 aliphatic rings. The molecule has 226 valence electrons. The van der Waals surface area contributed by atoms with E-state index in [0.29, 0.717) is 16.8 Å². The Morgan fingerprint density at radius 2 is 1.10 bits per heavy atom. The van der Waals surface area contributed by atoms with Gasteiger partial charge in [0.05, 0.1) is 38.9 Å². The Labute approximate surface area is 280 Å². The molecule has 49 heavy (non-hydrogen) atoms. The van der Waals surface area contributed by atoms with Crippen LogP contribution in [0.25, 0.3) is 88.1 Å². The van der Waals surface area contributed by atoms with E-state index in [-0.39, 0.29) is 0 Å². The lowest BCUT2D eigenvalue weighted by atomic mass is 9.96. The van der Waals surface area contributed by atoms with E-state index in [1.807, 2.05) is 48.5 Å². The molecule has 5 heteroatoms. The molecule has 0 unspecified atom stereocenters. The van der Waals surface area contributed by atoms with E-state index in [2.05, 4.69) is 112 Å². The average molecular weight is 625 g/mol. The molecule has 3 heterocycles. The van der Waals surface area contributed by atoms with Gasteiger partial charge in [0.25, 0.3) is 0 Å². The summed E-state index contributed by atoms with van der Waals surface area (Å²) < 4.78 is 11.0. The van der Waals surface area contributed by atoms with Crippen molar-refractivity contribution in [3.63, 3.8) is 0 Å². The highest BCUT2D eigenvalue weighted by Gasteiger charge is 2.23. The summed E-state index contributed by atoms with van der Waals surface area (Å²) in [4.78, 5) is 0. The second-order valence-corrected chi connectivity index (χ2v) is 12.3. The van der Waals surface area contributed by atoms with Gasteiger partial charge in [-0.25, -0.2) is 0 Å². The predicted molar refractivity (Wildman–Crippen MR) is 197 cm³/mol. The van der Waals surface area contributed by atoms with Crippen LogP contribution >= 0.6 is 0 Å². The second kappa shape index (κ2) is 10.2. The number of benzene rings is 7. The fourth-order valence-corrected chi connectivity index (χ4v) is 7.74. The van der Waals surface area contributed by atoms with Crippen molar-refractivity contribution < 1.29 is 4.42 Å². The first kappa shape index (κ1) is 27.1. The molecule has 7 aromatic carbocycles. The van der Waals surface area contributed by atoms with E-state index in [4.69, 9.17) is 4.42 Å². The smallest absolute Gasteiger partial charge is 0.160 e. The molecule has 10 rings (SSSR count). The summed E-state index contributed by atoms with van der Waals surface area (Å²) >= 11 is 0. The summed E-state index contributed by atoms with van der Waals surface area (Å²) in [7, 11) is 0. The topological polar surface area (TPSA) is 70.6 Å². The molecule has 0 amide bonds. The van der Waals surface area contributed by atoms with Crippen LogP contribution in [0.3, 0.4) is 0 Å². The van der Waals surface area contributed by atoms with Gasteiger partial charge in [-0.2, -0.15) is 10.5 Å². The maximum Gasteiger partial charge on any atom is 0.160 e. The normalized spacial score (nSPS) is 11.6. The SMILES string of the molecule is N#Cc1ccc(-c2cccc(-n3c4ccccc4c4ccc5c6ccccc6oc5c43)c2)c(-n2c3ccccc3c3ccccc32)c1C#N. The number of nitriles is 2. The van der Waals surface area contributed by atoms with Gasteiger partial charge >= 0.3 is 0 Å². The van der Waals surface area contributed by atoms with E-state index >= 15 is 0 Å². The zero-order valence-corrected chi connectivity index (χ0v) is 26.1. The molecule has 0 aliphatic carbocycles. The van der Waals surface area contributed by atoms with Gasteiger partial charge in [0.15, 0.2) is 5.58 Å². The molecule has 0 saturated heterocycles. The van der Waals surface area contributed by atoms with Crippen molar-refractivity contribution in [2.75, 3.05) is 0 Å². The largest absolute Gasteiger partial charge is 0.454 e. The first-order valence-corrected chi connectivity index (χ1v) is 16.1. The summed E-state index contributed by atoms with van der Waals surface area (Å²) in [6.07, 6.45) is 0. The molecular formula is C44H24N4O. The van der Waals surface area contributed by atoms with Crippen molar-refractivity contribution in [2.45, 2.75) is 0 Å². The van der Waals surface area contributed by atoms with Crippen molar-refractivity contribution in [3.05, 3.63) is 157 Å². The molecule has 0 bridgehead atoms. The minimum absolute atomic E-state index is 0.342. The molecule has 0 N–H and O–H groups in total. The number of furan rings is 1. The number of nitrogens with zero attached hydrogens (tertiary/aromatic N) is 4. The Bertz CT molecular complexity index is 3030. The third-order valence-corrected chi connectivity index (χ3v) is 9.81. The first-order valence-electron chi connectivity index (χ1n) is 16.1. The van der Waals surface area contributed by atoms with Crippen molar-refractivity contribution in [3.8, 4) is 34.6 Å². The molecule has 0 atom stereocenters. The van der Waals surface area contributed by atoms with Crippen LogP contribution in [0.4, 0.5) is 0 Å². The van der Waals surface area contributed by atoms with Gasteiger partial charge in [-0.1, -0.05) is 97.1 Å². The molecule has 3 aromatic heterocycles. The van der Waals surface area contributed by atoms with Crippen LogP contribution in [0.5, 0.6) is 0 Å². The average Bonchev–Trinajstić information content (AvgIpc) is 3.82. The number of rotatable bonds is 3. The quantitative estimate of drug-likeness (QED) is 0.196. The molecule has 0 saturated carbocycles. The van der Waals surface area contributed by atoms with Crippen LogP contribution in [-0.4, -0.2) is 9.13 Å². The standard InChI is InChI=1S/C44H24N4O/c45-25-28-20-21-30(42(37(28)26-46)48-39-17-6-1-12-31(39)32-13-2-7-18-40(32)48)27-10-9-11-29(24-27)47-38-16-5-3-14-33(38)35-22-23-36-34-15-4-8-19-41(34)49-44(36)43(35)47/h1-24H. The van der Waals surface area contributed by atoms with Crippen molar-refractivity contribution in [2.24, 2.45) is 0 Å². The number of hydrogen-bond acceptors (Lipinski definition) is 3. The van der Waals surface area contributed by atoms with Gasteiger partial charge in [-0.15, -0.1) is 0 Å². The zero-order chi connectivity index (χ0) is 32.6. The lowest BCUT2D eigenvalue weighted by Gasteiger charge is -2.18. The fraction of sp³-hybridized carbons (Fsp3) is 0. The van der Waals surface area contributed by atoms with Crippen LogP contribution in [0.2, 0.25) is 0 Å². The van der Waals surface area contributed by atoms with E-state index in [0.717, 1.165) is 82.4 Å². The van der Waals surface area contributed by atoms with Crippen molar-refractivity contribution in [1.82, 2.24) is 9.13 Å². The maximum absolute atomic E-state index is 10.6. The van der Waals surface area contributed by atoms with Crippen molar-refractivity contribution >= 4 is 65.6 Å². The molecular weight excluding hydrogens is 601 g/mol. The van der Waals surface area contributed by atoms with Gasteiger partial charge in [0.1, 0.15) is 17.7 Å². The highest BCUT2D eigenvalue weighted by atomic mass is 16.3. The summed E-state index contributed by atoms with van der Waals surface area (Å²) in [5.74, 6) is 0. The van der Waals surface area contributed by atoms with Crippen LogP contribution in [-0.2, 0) is 0 Å². The Kier molecular flexibility index (Phi) is 5.64. The third kappa shape index (κ3) is 3.73. The Hall–Kier alpha value is -7.08. The number of fused-ring (bicyclic) bond motifs is 10. The number of para-hydroxylation sites is 4. The number of hydrogen-bond donors (Lipinski definition) is 0. The third-order valence-electron chi connectivity index (χ3n) is 9.81. The van der Waals surface area contributed by atoms with Gasteiger partial charge in [-0.3, -0.25) is 0 Å². The summed E-state index contributed by atoms with van der Waals surface area (Å²) in [5.41, 5.74) is 9.86. The van der Waals surface area contributed by atoms with Gasteiger partial charge in [-0.05, 0) is 54.1 Å². The molecule has 0 spiro atoms. The Balaban J connectivity index is 1.30. The zero-order valence-electron chi connectivity index (χ0n) is 26.1. The number of aromatic nitrogens is 2. The molecule has 0 aliphatic heterocycles. The van der Waals surface area contributed by atoms with Gasteiger partial charge in [0, 0.05) is 43.6 Å². The Morgan fingerprint density at radius 1 is 0.490 bits per heavy atom. The minimum Gasteiger partial charge on any atom is -0.454 e. The lowest BCUT2D eigenvalue weighted by molar-refractivity contribution is 0.671.